The zero-order valence-corrected chi connectivity index (χ0v) is 19.1. The summed E-state index contributed by atoms with van der Waals surface area (Å²) in [4.78, 5) is 28.7. The molecule has 33 heavy (non-hydrogen) atoms. The van der Waals surface area contributed by atoms with Crippen LogP contribution in [0.25, 0.3) is 0 Å². The lowest BCUT2D eigenvalue weighted by Gasteiger charge is -2.15. The summed E-state index contributed by atoms with van der Waals surface area (Å²) in [7, 11) is -3.44. The van der Waals surface area contributed by atoms with Gasteiger partial charge in [-0.2, -0.15) is 0 Å². The zero-order chi connectivity index (χ0) is 23.6. The molecule has 10 heteroatoms. The highest BCUT2D eigenvalue weighted by Crippen LogP contribution is 2.31. The van der Waals surface area contributed by atoms with Gasteiger partial charge in [0.1, 0.15) is 6.54 Å². The number of hydrogen-bond donors (Lipinski definition) is 1. The predicted molar refractivity (Wildman–Crippen MR) is 121 cm³/mol. The molecule has 0 bridgehead atoms. The minimum Gasteiger partial charge on any atom is -0.490 e. The molecule has 1 aliphatic heterocycles. The highest BCUT2D eigenvalue weighted by molar-refractivity contribution is 7.91. The van der Waals surface area contributed by atoms with Crippen molar-refractivity contribution in [1.29, 1.82) is 0 Å². The molecule has 4 rings (SSSR count). The van der Waals surface area contributed by atoms with Crippen molar-refractivity contribution in [3.63, 3.8) is 0 Å². The van der Waals surface area contributed by atoms with Gasteiger partial charge in [-0.15, -0.1) is 0 Å². The maximum Gasteiger partial charge on any atom is 0.329 e. The van der Waals surface area contributed by atoms with Gasteiger partial charge in [0, 0.05) is 24.0 Å². The predicted octanol–water partition coefficient (Wildman–Crippen LogP) is 2.83. The number of halogens is 1. The SMILES string of the molecule is C[C@@H](CS(=O)(=O)CCc1cc(N2CC(=O)NC2=O)ccn1)c1ccc(F)c(OCC2CC2)c1. The van der Waals surface area contributed by atoms with Crippen molar-refractivity contribution < 1.29 is 27.1 Å². The second kappa shape index (κ2) is 9.46. The summed E-state index contributed by atoms with van der Waals surface area (Å²) in [5, 5.41) is 2.20. The summed E-state index contributed by atoms with van der Waals surface area (Å²) >= 11 is 0. The minimum absolute atomic E-state index is 0.0812. The van der Waals surface area contributed by atoms with E-state index >= 15 is 0 Å². The highest BCUT2D eigenvalue weighted by Gasteiger charge is 2.28. The molecule has 0 spiro atoms. The molecule has 1 atom stereocenters. The molecule has 8 nitrogen and oxygen atoms in total. The quantitative estimate of drug-likeness (QED) is 0.530. The van der Waals surface area contributed by atoms with Crippen LogP contribution in [0.1, 0.15) is 36.9 Å². The van der Waals surface area contributed by atoms with Gasteiger partial charge in [0.25, 0.3) is 0 Å². The summed E-state index contributed by atoms with van der Waals surface area (Å²) in [5.41, 5.74) is 1.70. The lowest BCUT2D eigenvalue weighted by Crippen LogP contribution is -2.28. The van der Waals surface area contributed by atoms with Crippen LogP contribution in [0.2, 0.25) is 0 Å². The number of nitrogens with one attached hydrogen (secondary N) is 1. The number of imide groups is 1. The van der Waals surface area contributed by atoms with Crippen LogP contribution >= 0.6 is 0 Å². The van der Waals surface area contributed by atoms with Crippen molar-refractivity contribution in [2.75, 3.05) is 29.6 Å². The van der Waals surface area contributed by atoms with E-state index in [4.69, 9.17) is 4.74 Å². The number of benzene rings is 1. The van der Waals surface area contributed by atoms with Crippen molar-refractivity contribution in [1.82, 2.24) is 10.3 Å². The summed E-state index contributed by atoms with van der Waals surface area (Å²) in [6, 6.07) is 7.18. The fourth-order valence-electron chi connectivity index (χ4n) is 3.67. The number of carbonyl (C=O) groups excluding carboxylic acids is 2. The van der Waals surface area contributed by atoms with Gasteiger partial charge in [0.05, 0.1) is 18.1 Å². The zero-order valence-electron chi connectivity index (χ0n) is 18.3. The number of aromatic nitrogens is 1. The molecular formula is C23H26FN3O5S. The molecule has 3 amide bonds. The Hall–Kier alpha value is -3.01. The van der Waals surface area contributed by atoms with E-state index < -0.39 is 27.6 Å². The van der Waals surface area contributed by atoms with Gasteiger partial charge in [0.15, 0.2) is 21.4 Å². The standard InChI is InChI=1S/C23H26FN3O5S/c1-15(17-4-5-20(24)21(10-17)32-13-16-2-3-16)14-33(30,31)9-7-18-11-19(6-8-25-18)27-12-22(28)26-23(27)29/h4-6,8,10-11,15-16H,2-3,7,9,12-14H2,1H3,(H,26,28,29)/t15-/m0/s1. The first-order chi connectivity index (χ1) is 15.7. The topological polar surface area (TPSA) is 106 Å². The Morgan fingerprint density at radius 3 is 2.73 bits per heavy atom. The first kappa shape index (κ1) is 23.2. The molecule has 2 fully saturated rings. The fourth-order valence-corrected chi connectivity index (χ4v) is 5.31. The van der Waals surface area contributed by atoms with Gasteiger partial charge in [-0.1, -0.05) is 13.0 Å². The highest BCUT2D eigenvalue weighted by atomic mass is 32.2. The first-order valence-electron chi connectivity index (χ1n) is 10.9. The molecule has 2 aromatic rings. The Morgan fingerprint density at radius 1 is 1.24 bits per heavy atom. The van der Waals surface area contributed by atoms with Gasteiger partial charge >= 0.3 is 6.03 Å². The Kier molecular flexibility index (Phi) is 6.64. The number of nitrogens with zero attached hydrogens (tertiary/aromatic N) is 2. The Balaban J connectivity index is 1.36. The third kappa shape index (κ3) is 6.07. The van der Waals surface area contributed by atoms with Crippen LogP contribution in [0.4, 0.5) is 14.9 Å². The summed E-state index contributed by atoms with van der Waals surface area (Å²) < 4.78 is 45.1. The van der Waals surface area contributed by atoms with E-state index in [1.54, 1.807) is 31.2 Å². The second-order valence-corrected chi connectivity index (χ2v) is 10.9. The lowest BCUT2D eigenvalue weighted by atomic mass is 10.0. The average molecular weight is 476 g/mol. The number of rotatable bonds is 10. The van der Waals surface area contributed by atoms with E-state index in [0.29, 0.717) is 29.5 Å². The Labute approximate surface area is 192 Å². The average Bonchev–Trinajstić information content (AvgIpc) is 3.53. The van der Waals surface area contributed by atoms with E-state index in [1.165, 1.54) is 17.2 Å². The van der Waals surface area contributed by atoms with Crippen molar-refractivity contribution in [3.8, 4) is 5.75 Å². The second-order valence-electron chi connectivity index (χ2n) is 8.65. The molecule has 1 saturated carbocycles. The van der Waals surface area contributed by atoms with Gasteiger partial charge < -0.3 is 4.74 Å². The molecule has 0 unspecified atom stereocenters. The monoisotopic (exact) mass is 475 g/mol. The van der Waals surface area contributed by atoms with Crippen molar-refractivity contribution in [3.05, 3.63) is 53.6 Å². The van der Waals surface area contributed by atoms with Crippen LogP contribution in [0.5, 0.6) is 5.75 Å². The Morgan fingerprint density at radius 2 is 2.03 bits per heavy atom. The van der Waals surface area contributed by atoms with Crippen molar-refractivity contribution in [2.45, 2.75) is 32.1 Å². The summed E-state index contributed by atoms with van der Waals surface area (Å²) in [6.45, 7) is 2.19. The number of amides is 3. The van der Waals surface area contributed by atoms with E-state index in [2.05, 4.69) is 10.3 Å². The van der Waals surface area contributed by atoms with Crippen molar-refractivity contribution >= 4 is 27.5 Å². The fraction of sp³-hybridized carbons (Fsp3) is 0.435. The van der Waals surface area contributed by atoms with Gasteiger partial charge in [-0.25, -0.2) is 17.6 Å². The molecule has 2 heterocycles. The van der Waals surface area contributed by atoms with Crippen LogP contribution in [0.3, 0.4) is 0 Å². The number of ether oxygens (including phenoxy) is 1. The van der Waals surface area contributed by atoms with E-state index in [9.17, 15) is 22.4 Å². The molecule has 2 aliphatic rings. The van der Waals surface area contributed by atoms with Gasteiger partial charge in [-0.05, 0) is 54.5 Å². The molecule has 176 valence electrons. The summed E-state index contributed by atoms with van der Waals surface area (Å²) in [5.74, 6) is -0.746. The smallest absolute Gasteiger partial charge is 0.329 e. The number of pyridine rings is 1. The number of hydrogen-bond acceptors (Lipinski definition) is 6. The number of aryl methyl sites for hydroxylation is 1. The number of carbonyl (C=O) groups is 2. The van der Waals surface area contributed by atoms with Crippen LogP contribution in [-0.2, 0) is 21.1 Å². The molecule has 1 N–H and O–H groups in total. The third-order valence-electron chi connectivity index (χ3n) is 5.77. The molecule has 1 aliphatic carbocycles. The maximum absolute atomic E-state index is 14.0. The molecule has 0 radical (unpaired) electrons. The minimum atomic E-state index is -3.44. The largest absolute Gasteiger partial charge is 0.490 e. The van der Waals surface area contributed by atoms with Crippen LogP contribution in [-0.4, -0.2) is 50.0 Å². The lowest BCUT2D eigenvalue weighted by molar-refractivity contribution is -0.117. The number of sulfone groups is 1. The summed E-state index contributed by atoms with van der Waals surface area (Å²) in [6.07, 6.45) is 3.84. The van der Waals surface area contributed by atoms with E-state index in [0.717, 1.165) is 12.8 Å². The van der Waals surface area contributed by atoms with Crippen molar-refractivity contribution in [2.24, 2.45) is 5.92 Å². The van der Waals surface area contributed by atoms with Gasteiger partial charge in [-0.3, -0.25) is 20.0 Å². The maximum atomic E-state index is 14.0. The molecule has 1 aromatic carbocycles. The van der Waals surface area contributed by atoms with Crippen LogP contribution in [0.15, 0.2) is 36.5 Å². The van der Waals surface area contributed by atoms with Crippen LogP contribution in [0, 0.1) is 11.7 Å². The van der Waals surface area contributed by atoms with E-state index in [1.807, 2.05) is 0 Å². The molecular weight excluding hydrogens is 449 g/mol. The first-order valence-corrected chi connectivity index (χ1v) is 12.7. The number of urea groups is 1. The third-order valence-corrected chi connectivity index (χ3v) is 7.61. The molecule has 1 aromatic heterocycles. The normalized spacial score (nSPS) is 17.2. The van der Waals surface area contributed by atoms with Gasteiger partial charge in [0.2, 0.25) is 5.91 Å². The van der Waals surface area contributed by atoms with Crippen LogP contribution < -0.4 is 15.0 Å². The Bertz CT molecular complexity index is 1170. The van der Waals surface area contributed by atoms with E-state index in [-0.39, 0.29) is 36.1 Å². The molecule has 1 saturated heterocycles. The number of anilines is 1.